The standard InChI is InChI=1S/C18H20F2N4/c19-15-5-6-16(20)17(11-15)23-18(21)22-8-10-24-9-7-13-3-1-2-4-14(13)12-24/h1-6,11H,7-10,12H2,(H3,21,22,23). The van der Waals surface area contributed by atoms with E-state index in [1.54, 1.807) is 0 Å². The molecule has 0 spiro atoms. The van der Waals surface area contributed by atoms with Crippen molar-refractivity contribution >= 4 is 11.6 Å². The van der Waals surface area contributed by atoms with Crippen LogP contribution in [0.5, 0.6) is 0 Å². The second-order valence-electron chi connectivity index (χ2n) is 5.81. The molecular weight excluding hydrogens is 310 g/mol. The first-order valence-corrected chi connectivity index (χ1v) is 7.93. The minimum Gasteiger partial charge on any atom is -0.370 e. The Bertz CT molecular complexity index is 746. The Kier molecular flexibility index (Phi) is 5.05. The highest BCUT2D eigenvalue weighted by atomic mass is 19.1. The van der Waals surface area contributed by atoms with Crippen LogP contribution in [0.25, 0.3) is 0 Å². The zero-order valence-corrected chi connectivity index (χ0v) is 13.3. The first-order chi connectivity index (χ1) is 11.6. The Morgan fingerprint density at radius 3 is 2.79 bits per heavy atom. The van der Waals surface area contributed by atoms with Gasteiger partial charge >= 0.3 is 0 Å². The van der Waals surface area contributed by atoms with E-state index in [2.05, 4.69) is 39.5 Å². The first kappa shape index (κ1) is 16.4. The molecule has 2 aromatic rings. The lowest BCUT2D eigenvalue weighted by atomic mass is 10.0. The maximum Gasteiger partial charge on any atom is 0.193 e. The molecule has 0 saturated carbocycles. The van der Waals surface area contributed by atoms with Crippen molar-refractivity contribution < 1.29 is 8.78 Å². The number of hydrogen-bond donors (Lipinski definition) is 2. The summed E-state index contributed by atoms with van der Waals surface area (Å²) >= 11 is 0. The van der Waals surface area contributed by atoms with Crippen LogP contribution < -0.4 is 11.1 Å². The fourth-order valence-electron chi connectivity index (χ4n) is 2.83. The van der Waals surface area contributed by atoms with Crippen molar-refractivity contribution in [2.75, 3.05) is 25.0 Å². The maximum absolute atomic E-state index is 13.5. The van der Waals surface area contributed by atoms with Gasteiger partial charge in [0.15, 0.2) is 5.96 Å². The number of rotatable bonds is 4. The lowest BCUT2D eigenvalue weighted by Gasteiger charge is -2.28. The highest BCUT2D eigenvalue weighted by Gasteiger charge is 2.14. The molecule has 3 rings (SSSR count). The molecule has 0 aromatic heterocycles. The normalized spacial score (nSPS) is 15.2. The van der Waals surface area contributed by atoms with Crippen molar-refractivity contribution in [3.8, 4) is 0 Å². The van der Waals surface area contributed by atoms with Crippen molar-refractivity contribution in [2.24, 2.45) is 10.7 Å². The first-order valence-electron chi connectivity index (χ1n) is 7.93. The second kappa shape index (κ2) is 7.40. The largest absolute Gasteiger partial charge is 0.370 e. The highest BCUT2D eigenvalue weighted by Crippen LogP contribution is 2.18. The number of guanidine groups is 1. The third kappa shape index (κ3) is 4.08. The molecule has 0 aliphatic carbocycles. The average molecular weight is 330 g/mol. The third-order valence-corrected chi connectivity index (χ3v) is 4.10. The predicted molar refractivity (Wildman–Crippen MR) is 91.9 cm³/mol. The molecule has 0 saturated heterocycles. The summed E-state index contributed by atoms with van der Waals surface area (Å²) in [7, 11) is 0. The predicted octanol–water partition coefficient (Wildman–Crippen LogP) is 2.75. The van der Waals surface area contributed by atoms with Gasteiger partial charge in [-0.2, -0.15) is 0 Å². The SMILES string of the molecule is NC(=NCCN1CCc2ccccc2C1)Nc1cc(F)ccc1F. The number of anilines is 1. The molecule has 0 fully saturated rings. The summed E-state index contributed by atoms with van der Waals surface area (Å²) in [6.45, 7) is 3.15. The van der Waals surface area contributed by atoms with Gasteiger partial charge in [0.05, 0.1) is 12.2 Å². The van der Waals surface area contributed by atoms with Gasteiger partial charge in [-0.05, 0) is 29.7 Å². The summed E-state index contributed by atoms with van der Waals surface area (Å²) < 4.78 is 26.7. The van der Waals surface area contributed by atoms with Crippen LogP contribution in [-0.2, 0) is 13.0 Å². The number of aliphatic imine (C=N–C) groups is 1. The van der Waals surface area contributed by atoms with E-state index in [4.69, 9.17) is 5.73 Å². The van der Waals surface area contributed by atoms with E-state index in [1.165, 1.54) is 11.1 Å². The van der Waals surface area contributed by atoms with Crippen LogP contribution in [0.2, 0.25) is 0 Å². The van der Waals surface area contributed by atoms with Gasteiger partial charge in [-0.3, -0.25) is 9.89 Å². The van der Waals surface area contributed by atoms with Crippen LogP contribution in [0.3, 0.4) is 0 Å². The molecule has 0 amide bonds. The Morgan fingerprint density at radius 2 is 1.96 bits per heavy atom. The van der Waals surface area contributed by atoms with Gasteiger partial charge in [-0.1, -0.05) is 24.3 Å². The van der Waals surface area contributed by atoms with Crippen LogP contribution in [0.1, 0.15) is 11.1 Å². The highest BCUT2D eigenvalue weighted by molar-refractivity contribution is 5.92. The van der Waals surface area contributed by atoms with E-state index in [0.717, 1.165) is 44.3 Å². The number of halogens is 2. The molecule has 6 heteroatoms. The van der Waals surface area contributed by atoms with Crippen LogP contribution in [0, 0.1) is 11.6 Å². The topological polar surface area (TPSA) is 53.6 Å². The van der Waals surface area contributed by atoms with Crippen LogP contribution in [0.15, 0.2) is 47.5 Å². The summed E-state index contributed by atoms with van der Waals surface area (Å²) in [5.74, 6) is -1.02. The lowest BCUT2D eigenvalue weighted by molar-refractivity contribution is 0.262. The molecule has 1 aliphatic heterocycles. The average Bonchev–Trinajstić information content (AvgIpc) is 2.58. The van der Waals surface area contributed by atoms with Crippen LogP contribution in [-0.4, -0.2) is 30.5 Å². The zero-order valence-electron chi connectivity index (χ0n) is 13.3. The monoisotopic (exact) mass is 330 g/mol. The number of nitrogens with zero attached hydrogens (tertiary/aromatic N) is 2. The van der Waals surface area contributed by atoms with Gasteiger partial charge in [0.1, 0.15) is 11.6 Å². The summed E-state index contributed by atoms with van der Waals surface area (Å²) in [6.07, 6.45) is 1.03. The molecule has 0 bridgehead atoms. The molecule has 1 heterocycles. The Labute approximate surface area is 140 Å². The number of nitrogens with one attached hydrogen (secondary N) is 1. The number of nitrogens with two attached hydrogens (primary N) is 1. The van der Waals surface area contributed by atoms with E-state index in [1.807, 2.05) is 0 Å². The molecule has 2 aromatic carbocycles. The van der Waals surface area contributed by atoms with Gasteiger partial charge in [-0.25, -0.2) is 8.78 Å². The minimum atomic E-state index is -0.567. The van der Waals surface area contributed by atoms with Gasteiger partial charge in [0.2, 0.25) is 0 Å². The zero-order chi connectivity index (χ0) is 16.9. The van der Waals surface area contributed by atoms with Crippen molar-refractivity contribution in [1.29, 1.82) is 0 Å². The summed E-state index contributed by atoms with van der Waals surface area (Å²) in [5, 5.41) is 2.60. The van der Waals surface area contributed by atoms with Gasteiger partial charge in [-0.15, -0.1) is 0 Å². The van der Waals surface area contributed by atoms with Gasteiger partial charge in [0, 0.05) is 25.7 Å². The Morgan fingerprint density at radius 1 is 1.17 bits per heavy atom. The smallest absolute Gasteiger partial charge is 0.193 e. The van der Waals surface area contributed by atoms with E-state index in [9.17, 15) is 8.78 Å². The summed E-state index contributed by atoms with van der Waals surface area (Å²) in [5.41, 5.74) is 8.49. The number of hydrogen-bond acceptors (Lipinski definition) is 2. The quantitative estimate of drug-likeness (QED) is 0.669. The molecule has 4 nitrogen and oxygen atoms in total. The van der Waals surface area contributed by atoms with Crippen molar-refractivity contribution in [2.45, 2.75) is 13.0 Å². The van der Waals surface area contributed by atoms with Gasteiger partial charge < -0.3 is 11.1 Å². The van der Waals surface area contributed by atoms with Gasteiger partial charge in [0.25, 0.3) is 0 Å². The number of benzene rings is 2. The molecule has 3 N–H and O–H groups in total. The van der Waals surface area contributed by atoms with Crippen LogP contribution >= 0.6 is 0 Å². The molecule has 0 radical (unpaired) electrons. The molecular formula is C18H20F2N4. The summed E-state index contributed by atoms with van der Waals surface area (Å²) in [6, 6.07) is 11.6. The van der Waals surface area contributed by atoms with E-state index >= 15 is 0 Å². The Balaban J connectivity index is 1.52. The maximum atomic E-state index is 13.5. The molecule has 0 atom stereocenters. The summed E-state index contributed by atoms with van der Waals surface area (Å²) in [4.78, 5) is 6.50. The molecule has 126 valence electrons. The minimum absolute atomic E-state index is 0.0110. The van der Waals surface area contributed by atoms with E-state index in [-0.39, 0.29) is 11.6 Å². The molecule has 24 heavy (non-hydrogen) atoms. The fourth-order valence-corrected chi connectivity index (χ4v) is 2.83. The van der Waals surface area contributed by atoms with Crippen molar-refractivity contribution in [3.05, 3.63) is 65.2 Å². The van der Waals surface area contributed by atoms with E-state index < -0.39 is 11.6 Å². The fraction of sp³-hybridized carbons (Fsp3) is 0.278. The van der Waals surface area contributed by atoms with Crippen molar-refractivity contribution in [3.63, 3.8) is 0 Å². The molecule has 0 unspecified atom stereocenters. The Hall–Kier alpha value is -2.47. The lowest BCUT2D eigenvalue weighted by Crippen LogP contribution is -2.33. The van der Waals surface area contributed by atoms with E-state index in [0.29, 0.717) is 6.54 Å². The third-order valence-electron chi connectivity index (χ3n) is 4.10. The van der Waals surface area contributed by atoms with Crippen molar-refractivity contribution in [1.82, 2.24) is 4.90 Å². The number of fused-ring (bicyclic) bond motifs is 1. The second-order valence-corrected chi connectivity index (χ2v) is 5.81. The van der Waals surface area contributed by atoms with Crippen LogP contribution in [0.4, 0.5) is 14.5 Å². The molecule has 1 aliphatic rings.